The van der Waals surface area contributed by atoms with Crippen molar-refractivity contribution in [3.05, 3.63) is 59.9 Å². The summed E-state index contributed by atoms with van der Waals surface area (Å²) in [6, 6.07) is 13.6. The van der Waals surface area contributed by atoms with E-state index in [0.29, 0.717) is 16.7 Å². The molecule has 0 aliphatic heterocycles. The number of carbonyl (C=O) groups excluding carboxylic acids is 1. The van der Waals surface area contributed by atoms with Crippen molar-refractivity contribution in [1.82, 2.24) is 14.9 Å². The Hall–Kier alpha value is -2.87. The smallest absolute Gasteiger partial charge is 0.237 e. The van der Waals surface area contributed by atoms with Gasteiger partial charge in [-0.1, -0.05) is 56.8 Å². The van der Waals surface area contributed by atoms with E-state index in [-0.39, 0.29) is 17.1 Å². The van der Waals surface area contributed by atoms with Crippen LogP contribution in [0.25, 0.3) is 11.4 Å². The minimum Gasteiger partial charge on any atom is -0.335 e. The van der Waals surface area contributed by atoms with Crippen molar-refractivity contribution in [1.29, 1.82) is 0 Å². The maximum Gasteiger partial charge on any atom is 0.237 e. The second kappa shape index (κ2) is 8.24. The van der Waals surface area contributed by atoms with E-state index in [0.717, 1.165) is 5.56 Å². The van der Waals surface area contributed by atoms with E-state index in [1.807, 2.05) is 12.1 Å². The van der Waals surface area contributed by atoms with Crippen LogP contribution in [0.3, 0.4) is 0 Å². The highest BCUT2D eigenvalue weighted by Gasteiger charge is 2.20. The molecule has 1 unspecified atom stereocenters. The minimum absolute atomic E-state index is 0.0588. The van der Waals surface area contributed by atoms with Crippen LogP contribution < -0.4 is 11.2 Å². The quantitative estimate of drug-likeness (QED) is 0.483. The van der Waals surface area contributed by atoms with Crippen molar-refractivity contribution in [2.24, 2.45) is 0 Å². The van der Waals surface area contributed by atoms with Gasteiger partial charge in [0.25, 0.3) is 0 Å². The highest BCUT2D eigenvalue weighted by Crippen LogP contribution is 2.28. The Kier molecular flexibility index (Phi) is 5.93. The van der Waals surface area contributed by atoms with E-state index in [1.54, 1.807) is 6.92 Å². The number of amides is 1. The molecule has 1 amide bonds. The molecule has 3 aromatic rings. The molecule has 0 spiro atoms. The third-order valence-corrected chi connectivity index (χ3v) is 5.49. The molecule has 0 aliphatic carbocycles. The fourth-order valence-electron chi connectivity index (χ4n) is 2.66. The van der Waals surface area contributed by atoms with Gasteiger partial charge < -0.3 is 11.2 Å². The molecule has 0 fully saturated rings. The van der Waals surface area contributed by atoms with E-state index >= 15 is 0 Å². The average molecular weight is 414 g/mol. The van der Waals surface area contributed by atoms with Crippen molar-refractivity contribution in [2.75, 3.05) is 11.2 Å². The molecule has 3 rings (SSSR count). The minimum atomic E-state index is -0.470. The first-order valence-corrected chi connectivity index (χ1v) is 10.1. The molecule has 3 N–H and O–H groups in total. The lowest BCUT2D eigenvalue weighted by atomic mass is 9.87. The molecular formula is C21H24FN5OS. The Balaban J connectivity index is 1.70. The zero-order valence-electron chi connectivity index (χ0n) is 16.8. The van der Waals surface area contributed by atoms with Crippen LogP contribution in [0.2, 0.25) is 0 Å². The van der Waals surface area contributed by atoms with Gasteiger partial charge in [0.05, 0.1) is 5.25 Å². The summed E-state index contributed by atoms with van der Waals surface area (Å²) < 4.78 is 14.4. The number of anilines is 1. The van der Waals surface area contributed by atoms with Crippen molar-refractivity contribution in [3.63, 3.8) is 0 Å². The van der Waals surface area contributed by atoms with Crippen LogP contribution in [0.4, 0.5) is 10.1 Å². The first kappa shape index (κ1) is 20.9. The van der Waals surface area contributed by atoms with Crippen LogP contribution in [0.15, 0.2) is 53.7 Å². The number of hydrogen-bond acceptors (Lipinski definition) is 5. The van der Waals surface area contributed by atoms with Crippen molar-refractivity contribution >= 4 is 23.4 Å². The van der Waals surface area contributed by atoms with E-state index in [2.05, 4.69) is 48.4 Å². The lowest BCUT2D eigenvalue weighted by Crippen LogP contribution is -2.23. The second-order valence-corrected chi connectivity index (χ2v) is 9.07. The maximum atomic E-state index is 13.0. The van der Waals surface area contributed by atoms with Gasteiger partial charge in [0.15, 0.2) is 5.82 Å². The molecule has 0 saturated carbocycles. The third kappa shape index (κ3) is 4.95. The van der Waals surface area contributed by atoms with Crippen LogP contribution in [-0.4, -0.2) is 26.0 Å². The number of halogens is 1. The zero-order valence-corrected chi connectivity index (χ0v) is 17.6. The number of benzene rings is 2. The molecule has 152 valence electrons. The summed E-state index contributed by atoms with van der Waals surface area (Å²) >= 11 is 1.20. The average Bonchev–Trinajstić information content (AvgIpc) is 3.03. The van der Waals surface area contributed by atoms with Gasteiger partial charge in [-0.15, -0.1) is 10.2 Å². The number of thioether (sulfide) groups is 1. The molecule has 29 heavy (non-hydrogen) atoms. The molecule has 1 heterocycles. The Bertz CT molecular complexity index is 993. The summed E-state index contributed by atoms with van der Waals surface area (Å²) in [7, 11) is 0. The fraction of sp³-hybridized carbons (Fsp3) is 0.286. The standard InChI is InChI=1S/C21H24FN5OS/c1-13(19(28)24-17-11-9-16(22)10-12-17)29-20-26-25-18(27(20)23)14-5-7-15(8-6-14)21(2,3)4/h5-13H,23H2,1-4H3,(H,24,28). The molecule has 0 aliphatic rings. The predicted molar refractivity (Wildman–Crippen MR) is 115 cm³/mol. The van der Waals surface area contributed by atoms with E-state index in [4.69, 9.17) is 5.84 Å². The van der Waals surface area contributed by atoms with Crippen LogP contribution in [0, 0.1) is 5.82 Å². The maximum absolute atomic E-state index is 13.0. The van der Waals surface area contributed by atoms with Gasteiger partial charge in [-0.2, -0.15) is 0 Å². The number of nitrogens with one attached hydrogen (secondary N) is 1. The predicted octanol–water partition coefficient (Wildman–Crippen LogP) is 4.21. The first-order valence-electron chi connectivity index (χ1n) is 9.19. The van der Waals surface area contributed by atoms with Crippen molar-refractivity contribution in [2.45, 2.75) is 43.5 Å². The van der Waals surface area contributed by atoms with Gasteiger partial charge in [0.2, 0.25) is 11.1 Å². The lowest BCUT2D eigenvalue weighted by Gasteiger charge is -2.19. The second-order valence-electron chi connectivity index (χ2n) is 7.76. The molecule has 8 heteroatoms. The summed E-state index contributed by atoms with van der Waals surface area (Å²) in [6.45, 7) is 8.21. The first-order chi connectivity index (χ1) is 13.6. The summed E-state index contributed by atoms with van der Waals surface area (Å²) in [6.07, 6.45) is 0. The number of carbonyl (C=O) groups is 1. The Labute approximate surface area is 173 Å². The molecule has 1 aromatic heterocycles. The lowest BCUT2D eigenvalue weighted by molar-refractivity contribution is -0.115. The van der Waals surface area contributed by atoms with Gasteiger partial charge in [-0.05, 0) is 42.2 Å². The molecule has 0 radical (unpaired) electrons. The number of nitrogens with zero attached hydrogens (tertiary/aromatic N) is 3. The van der Waals surface area contributed by atoms with E-state index in [1.165, 1.54) is 46.3 Å². The Morgan fingerprint density at radius 1 is 1.10 bits per heavy atom. The summed E-state index contributed by atoms with van der Waals surface area (Å²) in [5.74, 6) is 6.11. The van der Waals surface area contributed by atoms with E-state index in [9.17, 15) is 9.18 Å². The Morgan fingerprint density at radius 2 is 1.72 bits per heavy atom. The van der Waals surface area contributed by atoms with Crippen molar-refractivity contribution < 1.29 is 9.18 Å². The summed E-state index contributed by atoms with van der Waals surface area (Å²) in [5.41, 5.74) is 2.65. The highest BCUT2D eigenvalue weighted by molar-refractivity contribution is 8.00. The molecule has 1 atom stereocenters. The molecule has 0 saturated heterocycles. The fourth-order valence-corrected chi connectivity index (χ4v) is 3.43. The number of aromatic nitrogens is 3. The largest absolute Gasteiger partial charge is 0.335 e. The number of hydrogen-bond donors (Lipinski definition) is 2. The van der Waals surface area contributed by atoms with Crippen LogP contribution >= 0.6 is 11.8 Å². The zero-order chi connectivity index (χ0) is 21.2. The normalized spacial score (nSPS) is 12.6. The molecular weight excluding hydrogens is 389 g/mol. The number of rotatable bonds is 5. The monoisotopic (exact) mass is 413 g/mol. The highest BCUT2D eigenvalue weighted by atomic mass is 32.2. The van der Waals surface area contributed by atoms with Crippen LogP contribution in [-0.2, 0) is 10.2 Å². The number of nitrogens with two attached hydrogens (primary N) is 1. The van der Waals surface area contributed by atoms with Gasteiger partial charge in [0, 0.05) is 11.3 Å². The molecule has 2 aromatic carbocycles. The third-order valence-electron chi connectivity index (χ3n) is 4.44. The van der Waals surface area contributed by atoms with Gasteiger partial charge in [-0.3, -0.25) is 4.79 Å². The topological polar surface area (TPSA) is 85.8 Å². The SMILES string of the molecule is CC(Sc1nnc(-c2ccc(C(C)(C)C)cc2)n1N)C(=O)Nc1ccc(F)cc1. The van der Waals surface area contributed by atoms with E-state index < -0.39 is 5.25 Å². The Morgan fingerprint density at radius 3 is 2.31 bits per heavy atom. The number of nitrogen functional groups attached to an aromatic ring is 1. The summed E-state index contributed by atoms with van der Waals surface area (Å²) in [4.78, 5) is 12.4. The van der Waals surface area contributed by atoms with Crippen LogP contribution in [0.1, 0.15) is 33.3 Å². The van der Waals surface area contributed by atoms with Gasteiger partial charge in [-0.25, -0.2) is 9.07 Å². The van der Waals surface area contributed by atoms with Gasteiger partial charge in [0.1, 0.15) is 5.82 Å². The van der Waals surface area contributed by atoms with Crippen LogP contribution in [0.5, 0.6) is 0 Å². The van der Waals surface area contributed by atoms with Gasteiger partial charge >= 0.3 is 0 Å². The molecule has 0 bridgehead atoms. The molecule has 6 nitrogen and oxygen atoms in total. The van der Waals surface area contributed by atoms with Crippen molar-refractivity contribution in [3.8, 4) is 11.4 Å². The summed E-state index contributed by atoms with van der Waals surface area (Å²) in [5, 5.41) is 11.0.